The van der Waals surface area contributed by atoms with E-state index in [9.17, 15) is 4.79 Å². The van der Waals surface area contributed by atoms with Crippen LogP contribution in [0.1, 0.15) is 40.9 Å². The zero-order chi connectivity index (χ0) is 22.5. The first-order valence-electron chi connectivity index (χ1n) is 10.6. The third-order valence-corrected chi connectivity index (χ3v) is 5.84. The number of carbonyl (C=O) groups is 1. The molecule has 0 bridgehead atoms. The molecule has 2 N–H and O–H groups in total. The summed E-state index contributed by atoms with van der Waals surface area (Å²) in [4.78, 5) is 19.2. The largest absolute Gasteiger partial charge is 0.497 e. The molecular formula is C26H29ClN4O2. The zero-order valence-electron chi connectivity index (χ0n) is 17.9. The third kappa shape index (κ3) is 5.90. The van der Waals surface area contributed by atoms with Crippen LogP contribution in [-0.2, 0) is 12.8 Å². The van der Waals surface area contributed by atoms with Gasteiger partial charge in [-0.15, -0.1) is 0 Å². The number of nitrogens with one attached hydrogen (secondary N) is 2. The van der Waals surface area contributed by atoms with Crippen LogP contribution in [-0.4, -0.2) is 41.8 Å². The number of nitrogens with zero attached hydrogens (tertiary/aromatic N) is 2. The van der Waals surface area contributed by atoms with Gasteiger partial charge in [0.2, 0.25) is 0 Å². The van der Waals surface area contributed by atoms with E-state index in [1.165, 1.54) is 6.20 Å². The van der Waals surface area contributed by atoms with Crippen LogP contribution in [0.3, 0.4) is 0 Å². The maximum atomic E-state index is 12.9. The molecule has 0 atom stereocenters. The molecule has 0 radical (unpaired) electrons. The SMILES string of the molecule is C.COc1ccc(CCc2ccc(C(=N)N3CCC3)cc2)c(C(=O)Nc2ccc(Cl)cn2)c1. The van der Waals surface area contributed by atoms with Crippen molar-refractivity contribution in [2.45, 2.75) is 26.7 Å². The van der Waals surface area contributed by atoms with Crippen molar-refractivity contribution < 1.29 is 9.53 Å². The van der Waals surface area contributed by atoms with E-state index in [0.717, 1.165) is 42.6 Å². The van der Waals surface area contributed by atoms with Crippen molar-refractivity contribution in [3.8, 4) is 5.75 Å². The Kier molecular flexibility index (Phi) is 8.06. The van der Waals surface area contributed by atoms with Gasteiger partial charge in [0.1, 0.15) is 17.4 Å². The van der Waals surface area contributed by atoms with Gasteiger partial charge in [-0.05, 0) is 54.7 Å². The lowest BCUT2D eigenvalue weighted by Crippen LogP contribution is -2.42. The van der Waals surface area contributed by atoms with E-state index in [1.54, 1.807) is 25.3 Å². The molecule has 1 fully saturated rings. The van der Waals surface area contributed by atoms with E-state index >= 15 is 0 Å². The minimum atomic E-state index is -0.243. The van der Waals surface area contributed by atoms with Gasteiger partial charge in [0.15, 0.2) is 0 Å². The maximum absolute atomic E-state index is 12.9. The molecule has 1 saturated heterocycles. The molecule has 3 aromatic rings. The second-order valence-electron chi connectivity index (χ2n) is 7.72. The van der Waals surface area contributed by atoms with E-state index < -0.39 is 0 Å². The van der Waals surface area contributed by atoms with Crippen molar-refractivity contribution in [1.29, 1.82) is 5.41 Å². The minimum absolute atomic E-state index is 0. The van der Waals surface area contributed by atoms with Gasteiger partial charge in [0, 0.05) is 30.4 Å². The lowest BCUT2D eigenvalue weighted by Gasteiger charge is -2.33. The van der Waals surface area contributed by atoms with Gasteiger partial charge in [-0.2, -0.15) is 0 Å². The van der Waals surface area contributed by atoms with Crippen molar-refractivity contribution in [2.24, 2.45) is 0 Å². The number of aryl methyl sites for hydroxylation is 2. The predicted molar refractivity (Wildman–Crippen MR) is 134 cm³/mol. The first-order valence-corrected chi connectivity index (χ1v) is 10.9. The zero-order valence-corrected chi connectivity index (χ0v) is 18.7. The lowest BCUT2D eigenvalue weighted by atomic mass is 9.98. The number of halogens is 1. The first kappa shape index (κ1) is 24.3. The molecular weight excluding hydrogens is 436 g/mol. The molecule has 1 aliphatic heterocycles. The number of anilines is 1. The number of carbonyl (C=O) groups excluding carboxylic acids is 1. The standard InChI is InChI=1S/C25H25ClN4O2.CH4/c1-32-21-11-9-18(22(15-21)25(31)29-23-12-10-20(26)16-28-23)6-3-17-4-7-19(8-5-17)24(27)30-13-2-14-30;/h4-5,7-12,15-16,27H,2-3,6,13-14H2,1H3,(H,28,29,31);1H4. The number of methoxy groups -OCH3 is 1. The fourth-order valence-corrected chi connectivity index (χ4v) is 3.69. The Labute approximate surface area is 200 Å². The second kappa shape index (κ2) is 11.0. The quantitative estimate of drug-likeness (QED) is 0.360. The van der Waals surface area contributed by atoms with Gasteiger partial charge >= 0.3 is 0 Å². The van der Waals surface area contributed by atoms with Crippen LogP contribution in [0.4, 0.5) is 5.82 Å². The lowest BCUT2D eigenvalue weighted by molar-refractivity contribution is 0.102. The summed E-state index contributed by atoms with van der Waals surface area (Å²) in [6.45, 7) is 1.93. The average molecular weight is 465 g/mol. The van der Waals surface area contributed by atoms with Gasteiger partial charge in [0.25, 0.3) is 5.91 Å². The first-order chi connectivity index (χ1) is 15.5. The highest BCUT2D eigenvalue weighted by molar-refractivity contribution is 6.30. The number of pyridine rings is 1. The molecule has 172 valence electrons. The number of amides is 1. The molecule has 2 aromatic carbocycles. The molecule has 0 saturated carbocycles. The van der Waals surface area contributed by atoms with Gasteiger partial charge in [-0.3, -0.25) is 10.2 Å². The van der Waals surface area contributed by atoms with E-state index in [0.29, 0.717) is 34.4 Å². The Hall–Kier alpha value is -3.38. The van der Waals surface area contributed by atoms with Gasteiger partial charge in [0.05, 0.1) is 12.1 Å². The summed E-state index contributed by atoms with van der Waals surface area (Å²) in [5, 5.41) is 11.6. The minimum Gasteiger partial charge on any atom is -0.497 e. The highest BCUT2D eigenvalue weighted by atomic mass is 35.5. The molecule has 1 aliphatic rings. The second-order valence-corrected chi connectivity index (χ2v) is 8.16. The van der Waals surface area contributed by atoms with Crippen molar-refractivity contribution in [3.05, 3.63) is 88.1 Å². The molecule has 4 rings (SSSR count). The highest BCUT2D eigenvalue weighted by Crippen LogP contribution is 2.22. The summed E-state index contributed by atoms with van der Waals surface area (Å²) in [6.07, 6.45) is 4.13. The number of amidine groups is 1. The average Bonchev–Trinajstić information content (AvgIpc) is 2.78. The van der Waals surface area contributed by atoms with Gasteiger partial charge in [-0.25, -0.2) is 4.98 Å². The fraction of sp³-hybridized carbons (Fsp3) is 0.269. The molecule has 1 aromatic heterocycles. The van der Waals surface area contributed by atoms with Crippen LogP contribution in [0.2, 0.25) is 5.02 Å². The Morgan fingerprint density at radius 2 is 1.88 bits per heavy atom. The summed E-state index contributed by atoms with van der Waals surface area (Å²) < 4.78 is 5.32. The summed E-state index contributed by atoms with van der Waals surface area (Å²) in [7, 11) is 1.58. The van der Waals surface area contributed by atoms with E-state index in [1.807, 2.05) is 24.3 Å². The number of aromatic nitrogens is 1. The molecule has 0 aliphatic carbocycles. The van der Waals surface area contributed by atoms with Crippen LogP contribution in [0.25, 0.3) is 0 Å². The number of hydrogen-bond acceptors (Lipinski definition) is 4. The van der Waals surface area contributed by atoms with Gasteiger partial charge < -0.3 is 15.0 Å². The highest BCUT2D eigenvalue weighted by Gasteiger charge is 2.18. The third-order valence-electron chi connectivity index (χ3n) is 5.61. The predicted octanol–water partition coefficient (Wildman–Crippen LogP) is 5.45. The molecule has 2 heterocycles. The summed E-state index contributed by atoms with van der Waals surface area (Å²) in [6, 6.07) is 17.0. The normalized spacial score (nSPS) is 12.4. The van der Waals surface area contributed by atoms with E-state index in [4.69, 9.17) is 21.7 Å². The molecule has 1 amide bonds. The summed E-state index contributed by atoms with van der Waals surface area (Å²) in [5.74, 6) is 1.41. The number of benzene rings is 2. The molecule has 0 unspecified atom stereocenters. The number of hydrogen-bond donors (Lipinski definition) is 2. The maximum Gasteiger partial charge on any atom is 0.257 e. The Morgan fingerprint density at radius 3 is 2.48 bits per heavy atom. The Bertz CT molecular complexity index is 1110. The van der Waals surface area contributed by atoms with Crippen LogP contribution in [0, 0.1) is 5.41 Å². The summed E-state index contributed by atoms with van der Waals surface area (Å²) in [5.41, 5.74) is 3.58. The van der Waals surface area contributed by atoms with Crippen LogP contribution in [0.15, 0.2) is 60.8 Å². The molecule has 0 spiro atoms. The van der Waals surface area contributed by atoms with Gasteiger partial charge in [-0.1, -0.05) is 49.4 Å². The van der Waals surface area contributed by atoms with E-state index in [-0.39, 0.29) is 13.3 Å². The monoisotopic (exact) mass is 464 g/mol. The molecule has 33 heavy (non-hydrogen) atoms. The van der Waals surface area contributed by atoms with Crippen molar-refractivity contribution in [3.63, 3.8) is 0 Å². The fourth-order valence-electron chi connectivity index (χ4n) is 3.58. The van der Waals surface area contributed by atoms with Crippen molar-refractivity contribution in [1.82, 2.24) is 9.88 Å². The Balaban J connectivity index is 0.00000306. The number of rotatable bonds is 7. The van der Waals surface area contributed by atoms with Crippen molar-refractivity contribution >= 4 is 29.2 Å². The number of ether oxygens (including phenoxy) is 1. The molecule has 6 nitrogen and oxygen atoms in total. The Morgan fingerprint density at radius 1 is 1.12 bits per heavy atom. The van der Waals surface area contributed by atoms with Crippen LogP contribution < -0.4 is 10.1 Å². The number of likely N-dealkylation sites (tertiary alicyclic amines) is 1. The van der Waals surface area contributed by atoms with Crippen LogP contribution >= 0.6 is 11.6 Å². The van der Waals surface area contributed by atoms with E-state index in [2.05, 4.69) is 27.3 Å². The van der Waals surface area contributed by atoms with Crippen molar-refractivity contribution in [2.75, 3.05) is 25.5 Å². The van der Waals surface area contributed by atoms with Crippen LogP contribution in [0.5, 0.6) is 5.75 Å². The molecule has 7 heteroatoms. The topological polar surface area (TPSA) is 78.3 Å². The summed E-state index contributed by atoms with van der Waals surface area (Å²) >= 11 is 5.88. The smallest absolute Gasteiger partial charge is 0.257 e.